The summed E-state index contributed by atoms with van der Waals surface area (Å²) < 4.78 is 71.3. The highest BCUT2D eigenvalue weighted by Gasteiger charge is 2.34. The van der Waals surface area contributed by atoms with E-state index in [0.29, 0.717) is 16.6 Å². The van der Waals surface area contributed by atoms with Crippen LogP contribution in [0, 0.1) is 0 Å². The lowest BCUT2D eigenvalue weighted by Gasteiger charge is -2.26. The van der Waals surface area contributed by atoms with Crippen molar-refractivity contribution in [1.82, 2.24) is 19.7 Å². The Morgan fingerprint density at radius 2 is 1.82 bits per heavy atom. The zero-order valence-electron chi connectivity index (χ0n) is 21.3. The molecule has 206 valence electrons. The van der Waals surface area contributed by atoms with E-state index in [9.17, 15) is 26.4 Å². The van der Waals surface area contributed by atoms with E-state index in [-0.39, 0.29) is 47.1 Å². The maximum Gasteiger partial charge on any atom is 0.416 e. The van der Waals surface area contributed by atoms with E-state index < -0.39 is 27.5 Å². The van der Waals surface area contributed by atoms with Crippen molar-refractivity contribution in [2.75, 3.05) is 31.7 Å². The number of benzene rings is 2. The van der Waals surface area contributed by atoms with Crippen LogP contribution in [0.3, 0.4) is 0 Å². The van der Waals surface area contributed by atoms with Gasteiger partial charge in [-0.25, -0.2) is 18.1 Å². The first-order valence-corrected chi connectivity index (χ1v) is 14.8. The molecule has 2 aromatic heterocycles. The van der Waals surface area contributed by atoms with Crippen LogP contribution in [0.4, 0.5) is 13.2 Å². The molecular weight excluding hydrogens is 553 g/mol. The molecule has 0 N–H and O–H groups in total. The van der Waals surface area contributed by atoms with Crippen molar-refractivity contribution in [3.8, 4) is 22.1 Å². The quantitative estimate of drug-likeness (QED) is 0.324. The Morgan fingerprint density at radius 3 is 2.46 bits per heavy atom. The predicted octanol–water partition coefficient (Wildman–Crippen LogP) is 5.17. The molecule has 39 heavy (non-hydrogen) atoms. The highest BCUT2D eigenvalue weighted by Crippen LogP contribution is 2.39. The summed E-state index contributed by atoms with van der Waals surface area (Å²) in [6.07, 6.45) is -4.62. The Morgan fingerprint density at radius 1 is 1.10 bits per heavy atom. The van der Waals surface area contributed by atoms with Gasteiger partial charge in [0.05, 0.1) is 35.4 Å². The second-order valence-corrected chi connectivity index (χ2v) is 12.8. The van der Waals surface area contributed by atoms with Gasteiger partial charge in [-0.3, -0.25) is 4.79 Å². The van der Waals surface area contributed by atoms with Crippen LogP contribution >= 0.6 is 11.3 Å². The van der Waals surface area contributed by atoms with Crippen LogP contribution < -0.4 is 4.74 Å². The van der Waals surface area contributed by atoms with Gasteiger partial charge in [0.1, 0.15) is 5.75 Å². The summed E-state index contributed by atoms with van der Waals surface area (Å²) in [6.45, 7) is 3.92. The van der Waals surface area contributed by atoms with Crippen LogP contribution in [0.25, 0.3) is 27.3 Å². The fraction of sp³-hybridized carbons (Fsp3) is 0.346. The van der Waals surface area contributed by atoms with Crippen molar-refractivity contribution in [1.29, 1.82) is 0 Å². The van der Waals surface area contributed by atoms with Gasteiger partial charge in [0.2, 0.25) is 5.13 Å². The van der Waals surface area contributed by atoms with Crippen LogP contribution in [0.2, 0.25) is 0 Å². The number of hydrogen-bond donors (Lipinski definition) is 0. The number of sulfone groups is 1. The molecule has 0 radical (unpaired) electrons. The first-order valence-electron chi connectivity index (χ1n) is 12.1. The standard InChI is InChI=1S/C26H25F3N4O4S2/c1-15(2)23-21(16-5-4-6-18(13-16)37-3)30-25(38-23)33-20-8-7-17(26(27,28)29)14-19(20)22(31-33)24(34)32-9-11-39(35,36)12-10-32/h4-8,13-15H,9-12H2,1-3H3. The number of carbonyl (C=O) groups excluding carboxylic acids is 1. The van der Waals surface area contributed by atoms with Gasteiger partial charge in [0, 0.05) is 28.9 Å². The van der Waals surface area contributed by atoms with E-state index in [1.54, 1.807) is 7.11 Å². The SMILES string of the molecule is COc1cccc(-c2nc(-n3nc(C(=O)N4CCS(=O)(=O)CC4)c4cc(C(F)(F)F)ccc43)sc2C(C)C)c1. The molecule has 4 aromatic rings. The summed E-state index contributed by atoms with van der Waals surface area (Å²) in [7, 11) is -1.70. The molecule has 0 unspecified atom stereocenters. The lowest BCUT2D eigenvalue weighted by molar-refractivity contribution is -0.137. The Bertz CT molecular complexity index is 1660. The lowest BCUT2D eigenvalue weighted by Crippen LogP contribution is -2.43. The van der Waals surface area contributed by atoms with Crippen LogP contribution in [0.15, 0.2) is 42.5 Å². The zero-order valence-corrected chi connectivity index (χ0v) is 23.0. The predicted molar refractivity (Wildman–Crippen MR) is 142 cm³/mol. The van der Waals surface area contributed by atoms with Crippen LogP contribution in [-0.2, 0) is 16.0 Å². The van der Waals surface area contributed by atoms with Crippen molar-refractivity contribution in [3.63, 3.8) is 0 Å². The highest BCUT2D eigenvalue weighted by molar-refractivity contribution is 7.91. The number of aromatic nitrogens is 3. The number of rotatable bonds is 5. The summed E-state index contributed by atoms with van der Waals surface area (Å²) in [5.41, 5.74) is 0.691. The number of hydrogen-bond acceptors (Lipinski definition) is 7. The Kier molecular flexibility index (Phi) is 6.91. The Balaban J connectivity index is 1.67. The number of fused-ring (bicyclic) bond motifs is 1. The number of thiazole rings is 1. The first kappa shape index (κ1) is 27.1. The molecule has 1 aliphatic heterocycles. The summed E-state index contributed by atoms with van der Waals surface area (Å²) in [4.78, 5) is 20.5. The van der Waals surface area contributed by atoms with Gasteiger partial charge in [0.25, 0.3) is 5.91 Å². The van der Waals surface area contributed by atoms with Gasteiger partial charge in [-0.2, -0.15) is 18.3 Å². The second-order valence-electron chi connectivity index (χ2n) is 9.53. The van der Waals surface area contributed by atoms with Crippen molar-refractivity contribution < 1.29 is 31.1 Å². The fourth-order valence-electron chi connectivity index (χ4n) is 4.44. The minimum Gasteiger partial charge on any atom is -0.497 e. The molecule has 1 saturated heterocycles. The molecule has 5 rings (SSSR count). The second kappa shape index (κ2) is 9.94. The molecule has 13 heteroatoms. The molecule has 8 nitrogen and oxygen atoms in total. The Hall–Kier alpha value is -3.45. The molecule has 0 spiro atoms. The van der Waals surface area contributed by atoms with E-state index >= 15 is 0 Å². The molecule has 3 heterocycles. The van der Waals surface area contributed by atoms with E-state index in [2.05, 4.69) is 5.10 Å². The number of nitrogens with zero attached hydrogens (tertiary/aromatic N) is 4. The van der Waals surface area contributed by atoms with Crippen molar-refractivity contribution in [3.05, 3.63) is 58.6 Å². The lowest BCUT2D eigenvalue weighted by atomic mass is 10.1. The average Bonchev–Trinajstić information content (AvgIpc) is 3.50. The molecule has 1 aliphatic rings. The van der Waals surface area contributed by atoms with Crippen molar-refractivity contribution in [2.45, 2.75) is 25.9 Å². The van der Waals surface area contributed by atoms with Crippen LogP contribution in [-0.4, -0.2) is 65.7 Å². The third kappa shape index (κ3) is 5.24. The highest BCUT2D eigenvalue weighted by atomic mass is 32.2. The molecule has 0 bridgehead atoms. The number of carbonyl (C=O) groups is 1. The summed E-state index contributed by atoms with van der Waals surface area (Å²) >= 11 is 1.34. The molecular formula is C26H25F3N4O4S2. The maximum absolute atomic E-state index is 13.6. The number of halogens is 3. The van der Waals surface area contributed by atoms with Gasteiger partial charge in [0.15, 0.2) is 15.5 Å². The minimum absolute atomic E-state index is 0.0208. The smallest absolute Gasteiger partial charge is 0.416 e. The molecule has 0 saturated carbocycles. The topological polar surface area (TPSA) is 94.4 Å². The molecule has 0 atom stereocenters. The number of amides is 1. The number of ether oxygens (including phenoxy) is 1. The van der Waals surface area contributed by atoms with Gasteiger partial charge >= 0.3 is 6.18 Å². The molecule has 1 fully saturated rings. The normalized spacial score (nSPS) is 15.7. The average molecular weight is 579 g/mol. The van der Waals surface area contributed by atoms with Crippen LogP contribution in [0.5, 0.6) is 5.75 Å². The zero-order chi connectivity index (χ0) is 28.1. The summed E-state index contributed by atoms with van der Waals surface area (Å²) in [6, 6.07) is 10.5. The third-order valence-corrected chi connectivity index (χ3v) is 9.47. The van der Waals surface area contributed by atoms with E-state index in [1.165, 1.54) is 27.0 Å². The van der Waals surface area contributed by atoms with Crippen molar-refractivity contribution >= 4 is 38.0 Å². The van der Waals surface area contributed by atoms with Gasteiger partial charge in [-0.1, -0.05) is 37.3 Å². The van der Waals surface area contributed by atoms with Gasteiger partial charge in [-0.15, -0.1) is 0 Å². The fourth-order valence-corrected chi connectivity index (χ4v) is 6.70. The maximum atomic E-state index is 13.6. The molecule has 0 aliphatic carbocycles. The summed E-state index contributed by atoms with van der Waals surface area (Å²) in [5, 5.41) is 4.88. The largest absolute Gasteiger partial charge is 0.497 e. The first-order chi connectivity index (χ1) is 18.4. The number of alkyl halides is 3. The monoisotopic (exact) mass is 578 g/mol. The number of methoxy groups -OCH3 is 1. The van der Waals surface area contributed by atoms with E-state index in [1.807, 2.05) is 38.1 Å². The van der Waals surface area contributed by atoms with Crippen LogP contribution in [0.1, 0.15) is 40.7 Å². The van der Waals surface area contributed by atoms with E-state index in [0.717, 1.165) is 22.6 Å². The molecule has 1 amide bonds. The van der Waals surface area contributed by atoms with E-state index in [4.69, 9.17) is 9.72 Å². The summed E-state index contributed by atoms with van der Waals surface area (Å²) in [5.74, 6) is -0.315. The molecule has 2 aromatic carbocycles. The van der Waals surface area contributed by atoms with Gasteiger partial charge in [-0.05, 0) is 36.2 Å². The minimum atomic E-state index is -4.62. The van der Waals surface area contributed by atoms with Gasteiger partial charge < -0.3 is 9.64 Å². The van der Waals surface area contributed by atoms with Crippen molar-refractivity contribution in [2.24, 2.45) is 0 Å². The Labute approximate surface area is 226 Å². The third-order valence-electron chi connectivity index (χ3n) is 6.53.